The Morgan fingerprint density at radius 3 is 2.67 bits per heavy atom. The molecule has 0 unspecified atom stereocenters. The van der Waals surface area contributed by atoms with Crippen LogP contribution in [0.4, 0.5) is 0 Å². The minimum atomic E-state index is 0.279. The highest BCUT2D eigenvalue weighted by Gasteiger charge is 2.37. The van der Waals surface area contributed by atoms with Crippen molar-refractivity contribution in [3.63, 3.8) is 0 Å². The van der Waals surface area contributed by atoms with Crippen molar-refractivity contribution in [3.8, 4) is 6.07 Å². The molecule has 0 spiro atoms. The number of rotatable bonds is 1. The van der Waals surface area contributed by atoms with Gasteiger partial charge in [-0.2, -0.15) is 5.26 Å². The SMILES string of the molecule is CN1CC(I)(CC#N)C1. The van der Waals surface area contributed by atoms with E-state index < -0.39 is 0 Å². The van der Waals surface area contributed by atoms with Gasteiger partial charge in [-0.25, -0.2) is 0 Å². The van der Waals surface area contributed by atoms with E-state index in [2.05, 4.69) is 40.6 Å². The molecule has 9 heavy (non-hydrogen) atoms. The molecule has 0 bridgehead atoms. The Labute approximate surface area is 69.0 Å². The summed E-state index contributed by atoms with van der Waals surface area (Å²) >= 11 is 2.38. The molecule has 0 aromatic heterocycles. The minimum absolute atomic E-state index is 0.279. The molecular formula is C6H9IN2. The van der Waals surface area contributed by atoms with E-state index in [9.17, 15) is 0 Å². The molecule has 1 aliphatic heterocycles. The second-order valence-electron chi connectivity index (χ2n) is 2.66. The average Bonchev–Trinajstić information content (AvgIpc) is 1.62. The molecule has 0 aliphatic carbocycles. The molecule has 1 fully saturated rings. The predicted molar refractivity (Wildman–Crippen MR) is 44.5 cm³/mol. The van der Waals surface area contributed by atoms with Gasteiger partial charge in [0.25, 0.3) is 0 Å². The molecule has 50 valence electrons. The average molecular weight is 236 g/mol. The van der Waals surface area contributed by atoms with Gasteiger partial charge in [0.15, 0.2) is 0 Å². The molecule has 1 heterocycles. The zero-order valence-electron chi connectivity index (χ0n) is 5.39. The standard InChI is InChI=1S/C6H9IN2/c1-9-4-6(7,5-9)2-3-8/h2,4-5H2,1H3. The van der Waals surface area contributed by atoms with E-state index in [0.717, 1.165) is 13.1 Å². The molecule has 0 aromatic carbocycles. The van der Waals surface area contributed by atoms with E-state index in [0.29, 0.717) is 6.42 Å². The van der Waals surface area contributed by atoms with Crippen molar-refractivity contribution in [2.45, 2.75) is 9.84 Å². The van der Waals surface area contributed by atoms with Gasteiger partial charge in [-0.3, -0.25) is 0 Å². The van der Waals surface area contributed by atoms with Crippen molar-refractivity contribution >= 4 is 22.6 Å². The van der Waals surface area contributed by atoms with Crippen LogP contribution in [0.1, 0.15) is 6.42 Å². The predicted octanol–water partition coefficient (Wildman–Crippen LogP) is 1.02. The third-order valence-electron chi connectivity index (χ3n) is 1.50. The van der Waals surface area contributed by atoms with Crippen LogP contribution in [-0.4, -0.2) is 28.5 Å². The van der Waals surface area contributed by atoms with Gasteiger partial charge < -0.3 is 4.90 Å². The van der Waals surface area contributed by atoms with Crippen molar-refractivity contribution in [2.24, 2.45) is 0 Å². The van der Waals surface area contributed by atoms with Crippen LogP contribution in [0.3, 0.4) is 0 Å². The lowest BCUT2D eigenvalue weighted by atomic mass is 9.98. The van der Waals surface area contributed by atoms with Crippen LogP contribution >= 0.6 is 22.6 Å². The fourth-order valence-electron chi connectivity index (χ4n) is 1.17. The molecule has 0 atom stereocenters. The Morgan fingerprint density at radius 2 is 2.33 bits per heavy atom. The van der Waals surface area contributed by atoms with Crippen LogP contribution in [0.15, 0.2) is 0 Å². The molecule has 0 aromatic rings. The highest BCUT2D eigenvalue weighted by Crippen LogP contribution is 2.32. The number of likely N-dealkylation sites (tertiary alicyclic amines) is 1. The molecule has 3 heteroatoms. The number of hydrogen-bond acceptors (Lipinski definition) is 2. The quantitative estimate of drug-likeness (QED) is 0.502. The molecule has 1 aliphatic rings. The maximum absolute atomic E-state index is 8.38. The van der Waals surface area contributed by atoms with E-state index in [4.69, 9.17) is 5.26 Å². The minimum Gasteiger partial charge on any atom is -0.304 e. The van der Waals surface area contributed by atoms with Gasteiger partial charge >= 0.3 is 0 Å². The summed E-state index contributed by atoms with van der Waals surface area (Å²) in [7, 11) is 2.08. The lowest BCUT2D eigenvalue weighted by Gasteiger charge is -2.42. The van der Waals surface area contributed by atoms with Crippen LogP contribution in [0.2, 0.25) is 0 Å². The van der Waals surface area contributed by atoms with Gasteiger partial charge in [0, 0.05) is 13.1 Å². The van der Waals surface area contributed by atoms with Crippen molar-refractivity contribution in [1.82, 2.24) is 4.90 Å². The van der Waals surface area contributed by atoms with Crippen molar-refractivity contribution in [2.75, 3.05) is 20.1 Å². The first-order valence-corrected chi connectivity index (χ1v) is 3.99. The number of halogens is 1. The molecule has 1 saturated heterocycles. The van der Waals surface area contributed by atoms with Crippen LogP contribution in [0.25, 0.3) is 0 Å². The lowest BCUT2D eigenvalue weighted by molar-refractivity contribution is 0.179. The largest absolute Gasteiger partial charge is 0.304 e. The molecule has 2 nitrogen and oxygen atoms in total. The van der Waals surface area contributed by atoms with Crippen molar-refractivity contribution < 1.29 is 0 Å². The summed E-state index contributed by atoms with van der Waals surface area (Å²) in [5.41, 5.74) is 0. The van der Waals surface area contributed by atoms with Crippen LogP contribution in [-0.2, 0) is 0 Å². The molecule has 0 saturated carbocycles. The normalized spacial score (nSPS) is 24.6. The Bertz CT molecular complexity index is 144. The molecule has 0 N–H and O–H groups in total. The fraction of sp³-hybridized carbons (Fsp3) is 0.833. The van der Waals surface area contributed by atoms with Gasteiger partial charge in [-0.15, -0.1) is 0 Å². The summed E-state index contributed by atoms with van der Waals surface area (Å²) in [6.45, 7) is 2.14. The summed E-state index contributed by atoms with van der Waals surface area (Å²) in [5.74, 6) is 0. The van der Waals surface area contributed by atoms with E-state index in [1.165, 1.54) is 0 Å². The maximum atomic E-state index is 8.38. The van der Waals surface area contributed by atoms with E-state index >= 15 is 0 Å². The Morgan fingerprint density at radius 1 is 1.78 bits per heavy atom. The summed E-state index contributed by atoms with van der Waals surface area (Å²) in [5, 5.41) is 8.38. The van der Waals surface area contributed by atoms with Gasteiger partial charge in [-0.1, -0.05) is 22.6 Å². The van der Waals surface area contributed by atoms with Crippen molar-refractivity contribution in [3.05, 3.63) is 0 Å². The van der Waals surface area contributed by atoms with E-state index in [-0.39, 0.29) is 3.42 Å². The summed E-state index contributed by atoms with van der Waals surface area (Å²) in [4.78, 5) is 2.23. The topological polar surface area (TPSA) is 27.0 Å². The Kier molecular flexibility index (Phi) is 1.97. The zero-order chi connectivity index (χ0) is 6.91. The molecule has 0 amide bonds. The highest BCUT2D eigenvalue weighted by atomic mass is 127. The van der Waals surface area contributed by atoms with E-state index in [1.54, 1.807) is 0 Å². The Hall–Kier alpha value is 0.180. The lowest BCUT2D eigenvalue weighted by Crippen LogP contribution is -2.55. The Balaban J connectivity index is 2.34. The first kappa shape index (κ1) is 7.29. The second kappa shape index (κ2) is 2.43. The van der Waals surface area contributed by atoms with Gasteiger partial charge in [0.2, 0.25) is 0 Å². The van der Waals surface area contributed by atoms with Gasteiger partial charge in [0.1, 0.15) is 0 Å². The number of nitrogens with zero attached hydrogens (tertiary/aromatic N) is 2. The summed E-state index contributed by atoms with van der Waals surface area (Å²) < 4.78 is 0.279. The third-order valence-corrected chi connectivity index (χ3v) is 2.57. The number of hydrogen-bond donors (Lipinski definition) is 0. The van der Waals surface area contributed by atoms with Crippen LogP contribution in [0, 0.1) is 11.3 Å². The maximum Gasteiger partial charge on any atom is 0.0636 e. The summed E-state index contributed by atoms with van der Waals surface area (Å²) in [6, 6.07) is 2.20. The first-order valence-electron chi connectivity index (χ1n) is 2.91. The molecule has 0 radical (unpaired) electrons. The molecule has 1 rings (SSSR count). The smallest absolute Gasteiger partial charge is 0.0636 e. The number of nitriles is 1. The van der Waals surface area contributed by atoms with E-state index in [1.807, 2.05) is 0 Å². The first-order chi connectivity index (χ1) is 4.16. The monoisotopic (exact) mass is 236 g/mol. The van der Waals surface area contributed by atoms with Crippen LogP contribution < -0.4 is 0 Å². The van der Waals surface area contributed by atoms with Crippen LogP contribution in [0.5, 0.6) is 0 Å². The highest BCUT2D eigenvalue weighted by molar-refractivity contribution is 14.1. The third kappa shape index (κ3) is 1.55. The second-order valence-corrected chi connectivity index (χ2v) is 4.95. The van der Waals surface area contributed by atoms with Gasteiger partial charge in [-0.05, 0) is 7.05 Å². The van der Waals surface area contributed by atoms with Crippen molar-refractivity contribution in [1.29, 1.82) is 5.26 Å². The zero-order valence-corrected chi connectivity index (χ0v) is 7.55. The van der Waals surface area contributed by atoms with Gasteiger partial charge in [0.05, 0.1) is 15.9 Å². The summed E-state index contributed by atoms with van der Waals surface area (Å²) in [6.07, 6.45) is 0.692. The fourth-order valence-corrected chi connectivity index (χ4v) is 2.51. The number of alkyl halides is 1. The molecular weight excluding hydrogens is 227 g/mol.